The minimum Gasteiger partial charge on any atom is -0.324 e. The molecule has 0 aromatic heterocycles. The largest absolute Gasteiger partial charge is 0.324 e. The van der Waals surface area contributed by atoms with Gasteiger partial charge in [0.05, 0.1) is 0 Å². The van der Waals surface area contributed by atoms with Crippen molar-refractivity contribution in [3.05, 3.63) is 0 Å². The highest BCUT2D eigenvalue weighted by molar-refractivity contribution is 4.90. The highest BCUT2D eigenvalue weighted by Gasteiger charge is 2.28. The van der Waals surface area contributed by atoms with E-state index in [1.54, 1.807) is 0 Å². The van der Waals surface area contributed by atoms with E-state index in [1.807, 2.05) is 0 Å². The average Bonchev–Trinajstić information content (AvgIpc) is 2.33. The van der Waals surface area contributed by atoms with E-state index in [-0.39, 0.29) is 5.54 Å². The number of nitrogens with one attached hydrogen (secondary N) is 1. The van der Waals surface area contributed by atoms with E-state index in [2.05, 4.69) is 12.2 Å². The molecule has 10 heavy (non-hydrogen) atoms. The average molecular weight is 142 g/mol. The topological polar surface area (TPSA) is 38.0 Å². The molecule has 3 N–H and O–H groups in total. The zero-order valence-electron chi connectivity index (χ0n) is 6.82. The predicted molar refractivity (Wildman–Crippen MR) is 43.9 cm³/mol. The van der Waals surface area contributed by atoms with Gasteiger partial charge in [-0.25, -0.2) is 0 Å². The van der Waals surface area contributed by atoms with Crippen LogP contribution in [0.25, 0.3) is 0 Å². The lowest BCUT2D eigenvalue weighted by Crippen LogP contribution is -2.46. The fraction of sp³-hybridized carbons (Fsp3) is 1.00. The van der Waals surface area contributed by atoms with E-state index in [0.29, 0.717) is 0 Å². The van der Waals surface area contributed by atoms with Crippen LogP contribution < -0.4 is 11.1 Å². The van der Waals surface area contributed by atoms with Gasteiger partial charge in [-0.1, -0.05) is 19.8 Å². The van der Waals surface area contributed by atoms with Gasteiger partial charge in [0.2, 0.25) is 0 Å². The van der Waals surface area contributed by atoms with Gasteiger partial charge in [0.1, 0.15) is 0 Å². The van der Waals surface area contributed by atoms with Crippen molar-refractivity contribution in [2.75, 3.05) is 13.1 Å². The molecule has 0 spiro atoms. The Bertz CT molecular complexity index is 95.4. The van der Waals surface area contributed by atoms with Gasteiger partial charge in [-0.2, -0.15) is 0 Å². The summed E-state index contributed by atoms with van der Waals surface area (Å²) in [5, 5.41) is 3.31. The molecule has 1 rings (SSSR count). The second-order valence-electron chi connectivity index (χ2n) is 3.35. The summed E-state index contributed by atoms with van der Waals surface area (Å²) in [7, 11) is 0. The van der Waals surface area contributed by atoms with E-state index < -0.39 is 0 Å². The number of hydrogen-bond acceptors (Lipinski definition) is 2. The van der Waals surface area contributed by atoms with Crippen LogP contribution in [0, 0.1) is 0 Å². The molecule has 0 aromatic rings. The van der Waals surface area contributed by atoms with E-state index in [1.165, 1.54) is 25.7 Å². The minimum atomic E-state index is 0.135. The molecule has 0 radical (unpaired) electrons. The molecule has 1 aliphatic carbocycles. The van der Waals surface area contributed by atoms with Crippen molar-refractivity contribution in [1.82, 2.24) is 5.32 Å². The summed E-state index contributed by atoms with van der Waals surface area (Å²) >= 11 is 0. The summed E-state index contributed by atoms with van der Waals surface area (Å²) in [6.45, 7) is 4.17. The first kappa shape index (κ1) is 8.02. The normalized spacial score (nSPS) is 23.4. The second-order valence-corrected chi connectivity index (χ2v) is 3.35. The molecule has 0 amide bonds. The monoisotopic (exact) mass is 142 g/mol. The molecular weight excluding hydrogens is 124 g/mol. The van der Waals surface area contributed by atoms with Crippen molar-refractivity contribution >= 4 is 0 Å². The minimum absolute atomic E-state index is 0.135. The second kappa shape index (κ2) is 3.35. The van der Waals surface area contributed by atoms with Crippen LogP contribution >= 0.6 is 0 Å². The highest BCUT2D eigenvalue weighted by Crippen LogP contribution is 2.25. The van der Waals surface area contributed by atoms with Crippen molar-refractivity contribution in [3.63, 3.8) is 0 Å². The maximum Gasteiger partial charge on any atom is 0.0280 e. The van der Waals surface area contributed by atoms with Crippen LogP contribution in [-0.2, 0) is 0 Å². The highest BCUT2D eigenvalue weighted by atomic mass is 14.9. The van der Waals surface area contributed by atoms with Gasteiger partial charge in [0.25, 0.3) is 0 Å². The van der Waals surface area contributed by atoms with Crippen LogP contribution in [0.1, 0.15) is 32.6 Å². The SMILES string of the molecule is CCNCC1(N)CCCC1. The molecule has 0 bridgehead atoms. The summed E-state index contributed by atoms with van der Waals surface area (Å²) in [4.78, 5) is 0. The Morgan fingerprint density at radius 1 is 1.40 bits per heavy atom. The molecule has 0 aliphatic heterocycles. The van der Waals surface area contributed by atoms with Gasteiger partial charge in [0, 0.05) is 12.1 Å². The van der Waals surface area contributed by atoms with Crippen molar-refractivity contribution in [3.8, 4) is 0 Å². The molecule has 0 atom stereocenters. The maximum atomic E-state index is 6.08. The number of hydrogen-bond donors (Lipinski definition) is 2. The van der Waals surface area contributed by atoms with Gasteiger partial charge in [0.15, 0.2) is 0 Å². The standard InChI is InChI=1S/C8H18N2/c1-2-10-7-8(9)5-3-4-6-8/h10H,2-7,9H2,1H3. The molecule has 60 valence electrons. The first-order valence-electron chi connectivity index (χ1n) is 4.26. The molecule has 2 nitrogen and oxygen atoms in total. The lowest BCUT2D eigenvalue weighted by molar-refractivity contribution is 0.410. The molecule has 0 saturated heterocycles. The Balaban J connectivity index is 2.22. The maximum absolute atomic E-state index is 6.08. The summed E-state index contributed by atoms with van der Waals surface area (Å²) in [5.74, 6) is 0. The van der Waals surface area contributed by atoms with E-state index in [4.69, 9.17) is 5.73 Å². The Morgan fingerprint density at radius 3 is 2.50 bits per heavy atom. The lowest BCUT2D eigenvalue weighted by Gasteiger charge is -2.23. The molecule has 1 fully saturated rings. The third-order valence-corrected chi connectivity index (χ3v) is 2.33. The number of nitrogens with two attached hydrogens (primary N) is 1. The van der Waals surface area contributed by atoms with E-state index >= 15 is 0 Å². The van der Waals surface area contributed by atoms with Crippen LogP contribution in [0.5, 0.6) is 0 Å². The fourth-order valence-electron chi connectivity index (χ4n) is 1.63. The van der Waals surface area contributed by atoms with Crippen LogP contribution in [0.3, 0.4) is 0 Å². The summed E-state index contributed by atoms with van der Waals surface area (Å²) in [6.07, 6.45) is 5.06. The Labute approximate surface area is 63.2 Å². The molecule has 0 heterocycles. The Hall–Kier alpha value is -0.0800. The third kappa shape index (κ3) is 1.96. The van der Waals surface area contributed by atoms with Crippen LogP contribution in [-0.4, -0.2) is 18.6 Å². The van der Waals surface area contributed by atoms with Gasteiger partial charge in [-0.05, 0) is 19.4 Å². The molecule has 1 aliphatic rings. The quantitative estimate of drug-likeness (QED) is 0.613. The van der Waals surface area contributed by atoms with Crippen LogP contribution in [0.4, 0.5) is 0 Å². The predicted octanol–water partition coefficient (Wildman–Crippen LogP) is 0.867. The number of likely N-dealkylation sites (N-methyl/N-ethyl adjacent to an activating group) is 1. The molecule has 2 heteroatoms. The van der Waals surface area contributed by atoms with Crippen molar-refractivity contribution in [2.24, 2.45) is 5.73 Å². The van der Waals surface area contributed by atoms with E-state index in [0.717, 1.165) is 13.1 Å². The molecule has 0 aromatic carbocycles. The lowest BCUT2D eigenvalue weighted by atomic mass is 9.99. The fourth-order valence-corrected chi connectivity index (χ4v) is 1.63. The van der Waals surface area contributed by atoms with Gasteiger partial charge < -0.3 is 11.1 Å². The Morgan fingerprint density at radius 2 is 2.00 bits per heavy atom. The molecule has 0 unspecified atom stereocenters. The van der Waals surface area contributed by atoms with Gasteiger partial charge in [-0.3, -0.25) is 0 Å². The van der Waals surface area contributed by atoms with Crippen molar-refractivity contribution < 1.29 is 0 Å². The first-order valence-corrected chi connectivity index (χ1v) is 4.26. The van der Waals surface area contributed by atoms with E-state index in [9.17, 15) is 0 Å². The van der Waals surface area contributed by atoms with Gasteiger partial charge in [-0.15, -0.1) is 0 Å². The Kier molecular flexibility index (Phi) is 2.69. The molecule has 1 saturated carbocycles. The summed E-state index contributed by atoms with van der Waals surface area (Å²) in [5.41, 5.74) is 6.22. The summed E-state index contributed by atoms with van der Waals surface area (Å²) < 4.78 is 0. The smallest absolute Gasteiger partial charge is 0.0280 e. The third-order valence-electron chi connectivity index (χ3n) is 2.33. The zero-order valence-corrected chi connectivity index (χ0v) is 6.82. The number of rotatable bonds is 3. The first-order chi connectivity index (χ1) is 4.77. The van der Waals surface area contributed by atoms with Gasteiger partial charge >= 0.3 is 0 Å². The molecular formula is C8H18N2. The summed E-state index contributed by atoms with van der Waals surface area (Å²) in [6, 6.07) is 0. The van der Waals surface area contributed by atoms with Crippen LogP contribution in [0.2, 0.25) is 0 Å². The van der Waals surface area contributed by atoms with Crippen molar-refractivity contribution in [2.45, 2.75) is 38.1 Å². The zero-order chi connectivity index (χ0) is 7.45. The van der Waals surface area contributed by atoms with Crippen molar-refractivity contribution in [1.29, 1.82) is 0 Å². The van der Waals surface area contributed by atoms with Crippen LogP contribution in [0.15, 0.2) is 0 Å².